The van der Waals surface area contributed by atoms with Gasteiger partial charge in [0.1, 0.15) is 5.82 Å². The zero-order valence-corrected chi connectivity index (χ0v) is 20.0. The smallest absolute Gasteiger partial charge is 0.255 e. The topological polar surface area (TPSA) is 78.8 Å². The van der Waals surface area contributed by atoms with Crippen molar-refractivity contribution in [1.29, 1.82) is 0 Å². The molecule has 3 aromatic carbocycles. The predicted molar refractivity (Wildman–Crippen MR) is 129 cm³/mol. The summed E-state index contributed by atoms with van der Waals surface area (Å²) in [6.07, 6.45) is 3.42. The Hall–Kier alpha value is -2.72. The average molecular weight is 506 g/mol. The van der Waals surface area contributed by atoms with E-state index in [4.69, 9.17) is 11.6 Å². The first-order chi connectivity index (χ1) is 15.8. The Kier molecular flexibility index (Phi) is 8.62. The summed E-state index contributed by atoms with van der Waals surface area (Å²) in [5.74, 6) is -1.23. The number of hydrazone groups is 1. The second-order valence-electron chi connectivity index (χ2n) is 6.88. The summed E-state index contributed by atoms with van der Waals surface area (Å²) < 4.78 is 41.5. The predicted octanol–water partition coefficient (Wildman–Crippen LogP) is 4.54. The van der Waals surface area contributed by atoms with Crippen LogP contribution in [0.1, 0.15) is 11.1 Å². The third kappa shape index (κ3) is 6.88. The Balaban J connectivity index is 1.78. The monoisotopic (exact) mass is 505 g/mol. The van der Waals surface area contributed by atoms with Crippen LogP contribution in [-0.4, -0.2) is 37.6 Å². The standard InChI is InChI=1S/C23H21ClFN3O3S2/c1-32-20-10-6-17(7-11-20)14-26-27-23(29)16-28(15-18-4-2-3-5-22(18)25)33(30,31)21-12-8-19(24)9-13-21/h2-14H,15-16H2,1H3,(H,27,29)/b26-14-. The summed E-state index contributed by atoms with van der Waals surface area (Å²) in [6.45, 7) is -0.882. The number of rotatable bonds is 9. The first kappa shape index (κ1) is 24.9. The number of hydrogen-bond acceptors (Lipinski definition) is 5. The van der Waals surface area contributed by atoms with Crippen molar-refractivity contribution in [2.45, 2.75) is 16.3 Å². The molecule has 33 heavy (non-hydrogen) atoms. The lowest BCUT2D eigenvalue weighted by molar-refractivity contribution is -0.121. The fourth-order valence-corrected chi connectivity index (χ4v) is 4.77. The van der Waals surface area contributed by atoms with Gasteiger partial charge in [-0.05, 0) is 54.3 Å². The van der Waals surface area contributed by atoms with E-state index in [2.05, 4.69) is 10.5 Å². The van der Waals surface area contributed by atoms with Gasteiger partial charge in [0.2, 0.25) is 10.0 Å². The van der Waals surface area contributed by atoms with Crippen LogP contribution in [0.3, 0.4) is 0 Å². The lowest BCUT2D eigenvalue weighted by Gasteiger charge is -2.21. The van der Waals surface area contributed by atoms with Crippen LogP contribution in [0.15, 0.2) is 87.7 Å². The van der Waals surface area contributed by atoms with Gasteiger partial charge in [-0.15, -0.1) is 11.8 Å². The molecule has 0 bridgehead atoms. The van der Waals surface area contributed by atoms with E-state index in [1.807, 2.05) is 30.5 Å². The van der Waals surface area contributed by atoms with Crippen LogP contribution >= 0.6 is 23.4 Å². The molecule has 0 saturated carbocycles. The van der Waals surface area contributed by atoms with Crippen LogP contribution in [-0.2, 0) is 21.4 Å². The third-order valence-electron chi connectivity index (χ3n) is 4.59. The highest BCUT2D eigenvalue weighted by molar-refractivity contribution is 7.98. The summed E-state index contributed by atoms with van der Waals surface area (Å²) in [5.41, 5.74) is 3.24. The Morgan fingerprint density at radius 1 is 1.09 bits per heavy atom. The normalized spacial score (nSPS) is 11.8. The number of nitrogens with one attached hydrogen (secondary N) is 1. The molecule has 0 spiro atoms. The highest BCUT2D eigenvalue weighted by Crippen LogP contribution is 2.21. The molecule has 172 valence electrons. The van der Waals surface area contributed by atoms with Crippen molar-refractivity contribution in [2.75, 3.05) is 12.8 Å². The molecule has 1 N–H and O–H groups in total. The minimum atomic E-state index is -4.12. The lowest BCUT2D eigenvalue weighted by Crippen LogP contribution is -2.39. The molecule has 6 nitrogen and oxygen atoms in total. The SMILES string of the molecule is CSc1ccc(/C=N\NC(=O)CN(Cc2ccccc2F)S(=O)(=O)c2ccc(Cl)cc2)cc1. The van der Waals surface area contributed by atoms with E-state index < -0.39 is 28.3 Å². The zero-order chi connectivity index (χ0) is 23.8. The first-order valence-corrected chi connectivity index (χ1v) is 12.8. The Morgan fingerprint density at radius 3 is 2.39 bits per heavy atom. The molecule has 0 heterocycles. The van der Waals surface area contributed by atoms with Crippen molar-refractivity contribution in [2.24, 2.45) is 5.10 Å². The minimum Gasteiger partial charge on any atom is -0.272 e. The molecule has 0 unspecified atom stereocenters. The molecule has 0 aliphatic carbocycles. The van der Waals surface area contributed by atoms with E-state index in [1.54, 1.807) is 17.8 Å². The van der Waals surface area contributed by atoms with E-state index in [0.29, 0.717) is 5.02 Å². The third-order valence-corrected chi connectivity index (χ3v) is 7.40. The van der Waals surface area contributed by atoms with E-state index in [1.165, 1.54) is 48.7 Å². The summed E-state index contributed by atoms with van der Waals surface area (Å²) in [4.78, 5) is 13.5. The Morgan fingerprint density at radius 2 is 1.76 bits per heavy atom. The van der Waals surface area contributed by atoms with Crippen molar-refractivity contribution in [3.63, 3.8) is 0 Å². The van der Waals surface area contributed by atoms with Crippen LogP contribution < -0.4 is 5.43 Å². The average Bonchev–Trinajstić information content (AvgIpc) is 2.80. The number of hydrogen-bond donors (Lipinski definition) is 1. The highest BCUT2D eigenvalue weighted by Gasteiger charge is 2.27. The maximum atomic E-state index is 14.2. The number of carbonyl (C=O) groups excluding carboxylic acids is 1. The molecule has 3 aromatic rings. The Bertz CT molecular complexity index is 1230. The molecule has 0 fully saturated rings. The molecule has 0 aromatic heterocycles. The van der Waals surface area contributed by atoms with Crippen LogP contribution in [0.5, 0.6) is 0 Å². The Labute approximate surface area is 201 Å². The number of amides is 1. The van der Waals surface area contributed by atoms with Gasteiger partial charge in [0.05, 0.1) is 17.7 Å². The lowest BCUT2D eigenvalue weighted by atomic mass is 10.2. The number of sulfonamides is 1. The van der Waals surface area contributed by atoms with Gasteiger partial charge in [0, 0.05) is 22.0 Å². The number of benzene rings is 3. The van der Waals surface area contributed by atoms with Crippen molar-refractivity contribution in [1.82, 2.24) is 9.73 Å². The number of nitrogens with zero attached hydrogens (tertiary/aromatic N) is 2. The molecule has 1 amide bonds. The van der Waals surface area contributed by atoms with Gasteiger partial charge in [0.25, 0.3) is 5.91 Å². The van der Waals surface area contributed by atoms with Gasteiger partial charge in [-0.25, -0.2) is 18.2 Å². The van der Waals surface area contributed by atoms with Gasteiger partial charge in [-0.3, -0.25) is 4.79 Å². The van der Waals surface area contributed by atoms with Gasteiger partial charge in [-0.2, -0.15) is 9.41 Å². The molecule has 3 rings (SSSR count). The molecule has 0 saturated heterocycles. The van der Waals surface area contributed by atoms with Crippen LogP contribution in [0, 0.1) is 5.82 Å². The summed E-state index contributed by atoms with van der Waals surface area (Å²) in [6, 6.07) is 18.9. The number of thioether (sulfide) groups is 1. The number of carbonyl (C=O) groups is 1. The van der Waals surface area contributed by atoms with Crippen molar-refractivity contribution in [3.05, 3.63) is 94.8 Å². The van der Waals surface area contributed by atoms with Crippen LogP contribution in [0.4, 0.5) is 4.39 Å². The largest absolute Gasteiger partial charge is 0.272 e. The van der Waals surface area contributed by atoms with Gasteiger partial charge < -0.3 is 0 Å². The molecule has 0 radical (unpaired) electrons. The minimum absolute atomic E-state index is 0.0616. The first-order valence-electron chi connectivity index (χ1n) is 9.74. The second-order valence-corrected chi connectivity index (χ2v) is 10.1. The molecular weight excluding hydrogens is 485 g/mol. The fraction of sp³-hybridized carbons (Fsp3) is 0.130. The fourth-order valence-electron chi connectivity index (χ4n) is 2.86. The maximum absolute atomic E-state index is 14.2. The van der Waals surface area contributed by atoms with Crippen LogP contribution in [0.2, 0.25) is 5.02 Å². The van der Waals surface area contributed by atoms with Gasteiger partial charge in [-0.1, -0.05) is 41.9 Å². The molecule has 0 atom stereocenters. The van der Waals surface area contributed by atoms with Crippen molar-refractivity contribution < 1.29 is 17.6 Å². The molecular formula is C23H21ClFN3O3S2. The van der Waals surface area contributed by atoms with Gasteiger partial charge >= 0.3 is 0 Å². The molecule has 10 heteroatoms. The summed E-state index contributed by atoms with van der Waals surface area (Å²) in [5, 5.41) is 4.26. The van der Waals surface area contributed by atoms with Crippen LogP contribution in [0.25, 0.3) is 0 Å². The van der Waals surface area contributed by atoms with E-state index in [9.17, 15) is 17.6 Å². The highest BCUT2D eigenvalue weighted by atomic mass is 35.5. The summed E-state index contributed by atoms with van der Waals surface area (Å²) >= 11 is 7.47. The second kappa shape index (κ2) is 11.4. The van der Waals surface area contributed by atoms with E-state index >= 15 is 0 Å². The van der Waals surface area contributed by atoms with E-state index in [-0.39, 0.29) is 17.0 Å². The maximum Gasteiger partial charge on any atom is 0.255 e. The van der Waals surface area contributed by atoms with Crippen molar-refractivity contribution in [3.8, 4) is 0 Å². The van der Waals surface area contributed by atoms with Gasteiger partial charge in [0.15, 0.2) is 0 Å². The number of halogens is 2. The van der Waals surface area contributed by atoms with E-state index in [0.717, 1.165) is 14.8 Å². The quantitative estimate of drug-likeness (QED) is 0.263. The van der Waals surface area contributed by atoms with Crippen molar-refractivity contribution >= 4 is 45.5 Å². The molecule has 0 aliphatic rings. The summed E-state index contributed by atoms with van der Waals surface area (Å²) in [7, 11) is -4.12. The zero-order valence-electron chi connectivity index (χ0n) is 17.6. The molecule has 0 aliphatic heterocycles.